The molecule has 0 fully saturated rings. The van der Waals surface area contributed by atoms with Crippen LogP contribution < -0.4 is 4.74 Å². The molecule has 0 bridgehead atoms. The van der Waals surface area contributed by atoms with E-state index < -0.39 is 6.10 Å². The summed E-state index contributed by atoms with van der Waals surface area (Å²) in [5.41, 5.74) is 0.565. The van der Waals surface area contributed by atoms with Crippen LogP contribution in [0.1, 0.15) is 11.3 Å². The minimum Gasteiger partial charge on any atom is -0.491 e. The number of ether oxygens (including phenoxy) is 1. The third-order valence-corrected chi connectivity index (χ3v) is 4.29. The first-order valence-corrected chi connectivity index (χ1v) is 9.02. The predicted molar refractivity (Wildman–Crippen MR) is 102 cm³/mol. The maximum absolute atomic E-state index is 14.0. The lowest BCUT2D eigenvalue weighted by atomic mass is 10.2. The second-order valence-corrected chi connectivity index (χ2v) is 6.70. The van der Waals surface area contributed by atoms with Gasteiger partial charge in [-0.2, -0.15) is 0 Å². The second-order valence-electron chi connectivity index (χ2n) is 6.26. The smallest absolute Gasteiger partial charge is 0.127 e. The Kier molecular flexibility index (Phi) is 6.87. The summed E-state index contributed by atoms with van der Waals surface area (Å²) < 4.78 is 25.0. The van der Waals surface area contributed by atoms with Gasteiger partial charge in [0, 0.05) is 23.7 Å². The summed E-state index contributed by atoms with van der Waals surface area (Å²) >= 11 is 5.85. The van der Waals surface area contributed by atoms with Gasteiger partial charge in [0.25, 0.3) is 0 Å². The van der Waals surface area contributed by atoms with Gasteiger partial charge in [0.2, 0.25) is 0 Å². The van der Waals surface area contributed by atoms with Crippen LogP contribution in [0.15, 0.2) is 71.3 Å². The lowest BCUT2D eigenvalue weighted by molar-refractivity contribution is 0.0601. The van der Waals surface area contributed by atoms with Crippen molar-refractivity contribution in [1.29, 1.82) is 0 Å². The highest BCUT2D eigenvalue weighted by molar-refractivity contribution is 6.30. The van der Waals surface area contributed by atoms with Crippen molar-refractivity contribution in [1.82, 2.24) is 4.90 Å². The van der Waals surface area contributed by atoms with Crippen molar-refractivity contribution in [3.63, 3.8) is 0 Å². The molecule has 1 unspecified atom stereocenters. The Labute approximate surface area is 162 Å². The van der Waals surface area contributed by atoms with Crippen LogP contribution in [0.4, 0.5) is 4.39 Å². The van der Waals surface area contributed by atoms with Crippen molar-refractivity contribution in [2.45, 2.75) is 19.2 Å². The summed E-state index contributed by atoms with van der Waals surface area (Å²) in [5, 5.41) is 11.0. The third kappa shape index (κ3) is 6.10. The van der Waals surface area contributed by atoms with Crippen molar-refractivity contribution in [2.24, 2.45) is 0 Å². The predicted octanol–water partition coefficient (Wildman–Crippen LogP) is 4.51. The molecule has 1 aromatic heterocycles. The quantitative estimate of drug-likeness (QED) is 0.584. The molecule has 1 atom stereocenters. The minimum atomic E-state index is -0.748. The lowest BCUT2D eigenvalue weighted by Crippen LogP contribution is -2.35. The fourth-order valence-corrected chi connectivity index (χ4v) is 2.88. The molecule has 0 aliphatic carbocycles. The zero-order valence-electron chi connectivity index (χ0n) is 14.7. The van der Waals surface area contributed by atoms with Gasteiger partial charge >= 0.3 is 0 Å². The van der Waals surface area contributed by atoms with E-state index in [1.54, 1.807) is 54.8 Å². The Morgan fingerprint density at radius 2 is 1.81 bits per heavy atom. The molecule has 0 saturated heterocycles. The van der Waals surface area contributed by atoms with E-state index in [2.05, 4.69) is 0 Å². The van der Waals surface area contributed by atoms with Gasteiger partial charge in [0.15, 0.2) is 0 Å². The number of nitrogens with zero attached hydrogens (tertiary/aromatic N) is 1. The molecule has 0 saturated carbocycles. The van der Waals surface area contributed by atoms with Crippen molar-refractivity contribution in [2.75, 3.05) is 13.2 Å². The fourth-order valence-electron chi connectivity index (χ4n) is 2.75. The summed E-state index contributed by atoms with van der Waals surface area (Å²) in [7, 11) is 0. The summed E-state index contributed by atoms with van der Waals surface area (Å²) in [4.78, 5) is 1.92. The first-order valence-electron chi connectivity index (χ1n) is 8.65. The summed E-state index contributed by atoms with van der Waals surface area (Å²) in [6, 6.07) is 17.2. The van der Waals surface area contributed by atoms with Gasteiger partial charge in [-0.25, -0.2) is 4.39 Å². The Morgan fingerprint density at radius 1 is 1.04 bits per heavy atom. The topological polar surface area (TPSA) is 45.8 Å². The molecule has 1 heterocycles. The molecule has 4 nitrogen and oxygen atoms in total. The molecule has 142 valence electrons. The molecular weight excluding hydrogens is 369 g/mol. The number of hydrogen-bond acceptors (Lipinski definition) is 4. The Balaban J connectivity index is 1.61. The maximum Gasteiger partial charge on any atom is 0.127 e. The molecule has 0 aliphatic heterocycles. The largest absolute Gasteiger partial charge is 0.491 e. The second kappa shape index (κ2) is 9.55. The highest BCUT2D eigenvalue weighted by Gasteiger charge is 2.16. The van der Waals surface area contributed by atoms with E-state index in [4.69, 9.17) is 20.8 Å². The maximum atomic E-state index is 14.0. The van der Waals surface area contributed by atoms with Crippen molar-refractivity contribution in [3.8, 4) is 5.75 Å². The van der Waals surface area contributed by atoms with Gasteiger partial charge in [-0.3, -0.25) is 4.90 Å². The number of rotatable bonds is 9. The van der Waals surface area contributed by atoms with Crippen LogP contribution in [0, 0.1) is 5.82 Å². The molecule has 3 rings (SSSR count). The van der Waals surface area contributed by atoms with E-state index >= 15 is 0 Å². The zero-order chi connectivity index (χ0) is 19.1. The third-order valence-electron chi connectivity index (χ3n) is 4.04. The zero-order valence-corrected chi connectivity index (χ0v) is 15.5. The lowest BCUT2D eigenvalue weighted by Gasteiger charge is -2.24. The normalized spacial score (nSPS) is 12.3. The van der Waals surface area contributed by atoms with Crippen LogP contribution in [0.5, 0.6) is 5.75 Å². The molecule has 27 heavy (non-hydrogen) atoms. The molecule has 0 amide bonds. The molecule has 0 spiro atoms. The SMILES string of the molecule is OC(COc1ccc(Cl)cc1)CN(Cc1ccco1)Cc1ccccc1F. The van der Waals surface area contributed by atoms with Crippen LogP contribution in [0.2, 0.25) is 5.02 Å². The van der Waals surface area contributed by atoms with E-state index in [-0.39, 0.29) is 12.4 Å². The Bertz CT molecular complexity index is 824. The standard InChI is InChI=1S/C21H21ClFNO3/c22-17-7-9-19(10-8-17)27-15-18(25)13-24(14-20-5-3-11-26-20)12-16-4-1-2-6-21(16)23/h1-11,18,25H,12-15H2. The summed E-state index contributed by atoms with van der Waals surface area (Å²) in [5.74, 6) is 1.11. The van der Waals surface area contributed by atoms with Gasteiger partial charge in [-0.1, -0.05) is 29.8 Å². The highest BCUT2D eigenvalue weighted by atomic mass is 35.5. The number of benzene rings is 2. The molecule has 1 N–H and O–H groups in total. The monoisotopic (exact) mass is 389 g/mol. The molecular formula is C21H21ClFNO3. The number of halogens is 2. The summed E-state index contributed by atoms with van der Waals surface area (Å²) in [6.07, 6.45) is 0.846. The van der Waals surface area contributed by atoms with E-state index in [1.165, 1.54) is 6.07 Å². The average molecular weight is 390 g/mol. The number of aliphatic hydroxyl groups is 1. The van der Waals surface area contributed by atoms with Gasteiger partial charge in [-0.05, 0) is 42.5 Å². The Morgan fingerprint density at radius 3 is 2.52 bits per heavy atom. The Hall–Kier alpha value is -2.34. The van der Waals surface area contributed by atoms with E-state index in [1.807, 2.05) is 11.0 Å². The van der Waals surface area contributed by atoms with Gasteiger partial charge in [-0.15, -0.1) is 0 Å². The van der Waals surface area contributed by atoms with Crippen molar-refractivity contribution < 1.29 is 18.7 Å². The fraction of sp³-hybridized carbons (Fsp3) is 0.238. The molecule has 0 aliphatic rings. The summed E-state index contributed by atoms with van der Waals surface area (Å²) in [6.45, 7) is 1.24. The van der Waals surface area contributed by atoms with Crippen molar-refractivity contribution in [3.05, 3.63) is 89.1 Å². The first kappa shape index (κ1) is 19.4. The molecule has 0 radical (unpaired) electrons. The molecule has 2 aromatic carbocycles. The van der Waals surface area contributed by atoms with Crippen molar-refractivity contribution >= 4 is 11.6 Å². The van der Waals surface area contributed by atoms with Crippen LogP contribution >= 0.6 is 11.6 Å². The minimum absolute atomic E-state index is 0.119. The number of hydrogen-bond donors (Lipinski definition) is 1. The molecule has 3 aromatic rings. The van der Waals surface area contributed by atoms with E-state index in [0.29, 0.717) is 36.0 Å². The van der Waals surface area contributed by atoms with Crippen LogP contribution in [0.25, 0.3) is 0 Å². The number of furan rings is 1. The van der Waals surface area contributed by atoms with Gasteiger partial charge in [0.1, 0.15) is 30.0 Å². The van der Waals surface area contributed by atoms with E-state index in [0.717, 1.165) is 5.76 Å². The van der Waals surface area contributed by atoms with Gasteiger partial charge < -0.3 is 14.3 Å². The van der Waals surface area contributed by atoms with E-state index in [9.17, 15) is 9.50 Å². The molecule has 6 heteroatoms. The highest BCUT2D eigenvalue weighted by Crippen LogP contribution is 2.17. The average Bonchev–Trinajstić information content (AvgIpc) is 3.16. The number of aliphatic hydroxyl groups excluding tert-OH is 1. The van der Waals surface area contributed by atoms with Crippen LogP contribution in [0.3, 0.4) is 0 Å². The van der Waals surface area contributed by atoms with Crippen LogP contribution in [-0.4, -0.2) is 29.3 Å². The van der Waals surface area contributed by atoms with Gasteiger partial charge in [0.05, 0.1) is 12.8 Å². The van der Waals surface area contributed by atoms with Crippen LogP contribution in [-0.2, 0) is 13.1 Å². The first-order chi connectivity index (χ1) is 13.1.